The first-order valence-electron chi connectivity index (χ1n) is 2.50. The van der Waals surface area contributed by atoms with Crippen molar-refractivity contribution in [2.75, 3.05) is 12.8 Å². The summed E-state index contributed by atoms with van der Waals surface area (Å²) < 4.78 is 34.2. The van der Waals surface area contributed by atoms with Crippen LogP contribution < -0.4 is 0 Å². The Morgan fingerprint density at radius 2 is 1.89 bits per heavy atom. The smallest absolute Gasteiger partial charge is 0.171 e. The predicted octanol–water partition coefficient (Wildman–Crippen LogP) is 2.84. The Bertz CT molecular complexity index is 76.8. The summed E-state index contributed by atoms with van der Waals surface area (Å²) in [5.41, 5.74) is 0. The van der Waals surface area contributed by atoms with Gasteiger partial charge in [0.05, 0.1) is 0 Å². The van der Waals surface area contributed by atoms with Gasteiger partial charge in [-0.3, -0.25) is 0 Å². The third-order valence-electron chi connectivity index (χ3n) is 0.777. The van der Waals surface area contributed by atoms with Gasteiger partial charge < -0.3 is 0 Å². The molecule has 0 aliphatic heterocycles. The monoisotopic (exact) mass is 157 g/mol. The van der Waals surface area contributed by atoms with Crippen LogP contribution in [0.4, 0.5) is 13.2 Å². The lowest BCUT2D eigenvalue weighted by Gasteiger charge is -2.07. The van der Waals surface area contributed by atoms with Crippen molar-refractivity contribution in [3.8, 4) is 0 Å². The van der Waals surface area contributed by atoms with Crippen LogP contribution in [0.2, 0.25) is 0 Å². The quantitative estimate of drug-likeness (QED) is 0.540. The lowest BCUT2D eigenvalue weighted by Crippen LogP contribution is -2.08. The van der Waals surface area contributed by atoms with Gasteiger partial charge in [-0.1, -0.05) is 0 Å². The molecule has 0 aromatic heterocycles. The van der Waals surface area contributed by atoms with Crippen LogP contribution >= 0.6 is 7.92 Å². The Morgan fingerprint density at radius 3 is 2.00 bits per heavy atom. The topological polar surface area (TPSA) is 0 Å². The number of alkyl halides is 3. The third kappa shape index (κ3) is 8.22. The van der Waals surface area contributed by atoms with Gasteiger partial charge in [-0.25, -0.2) is 0 Å². The second kappa shape index (κ2) is 3.40. The van der Waals surface area contributed by atoms with Crippen LogP contribution in [0.1, 0.15) is 6.42 Å². The van der Waals surface area contributed by atoms with E-state index in [0.717, 1.165) is 0 Å². The molecule has 1 atom stereocenters. The van der Waals surface area contributed by atoms with Gasteiger partial charge >= 0.3 is 6.18 Å². The second-order valence-electron chi connectivity index (χ2n) is 1.94. The molecule has 0 N–H and O–H groups in total. The molecule has 0 amide bonds. The van der Waals surface area contributed by atoms with E-state index in [-0.39, 0.29) is 6.16 Å². The molecule has 1 radical (unpaired) electrons. The molecule has 1 unspecified atom stereocenters. The van der Waals surface area contributed by atoms with E-state index < -0.39 is 20.5 Å². The largest absolute Gasteiger partial charge is 0.389 e. The molecule has 9 heavy (non-hydrogen) atoms. The Hall–Kier alpha value is 0.220. The van der Waals surface area contributed by atoms with Crippen molar-refractivity contribution >= 4 is 7.92 Å². The summed E-state index contributed by atoms with van der Waals surface area (Å²) in [6, 6.07) is 0. The molecule has 4 heteroatoms. The van der Waals surface area contributed by atoms with E-state index in [4.69, 9.17) is 0 Å². The van der Waals surface area contributed by atoms with Gasteiger partial charge in [0.2, 0.25) is 0 Å². The highest BCUT2D eigenvalue weighted by Crippen LogP contribution is 2.32. The zero-order valence-electron chi connectivity index (χ0n) is 5.20. The maximum Gasteiger partial charge on any atom is 0.389 e. The molecule has 0 rings (SSSR count). The van der Waals surface area contributed by atoms with E-state index in [9.17, 15) is 13.2 Å². The maximum absolute atomic E-state index is 11.4. The summed E-state index contributed by atoms with van der Waals surface area (Å²) in [5, 5.41) is 0. The summed E-state index contributed by atoms with van der Waals surface area (Å²) in [6.45, 7) is 5.24. The van der Waals surface area contributed by atoms with E-state index in [1.807, 2.05) is 0 Å². The SMILES string of the molecule is [CH2]P(C)CCC(F)(F)F. The van der Waals surface area contributed by atoms with Gasteiger partial charge in [-0.2, -0.15) is 13.2 Å². The molecule has 0 fully saturated rings. The molecule has 0 heterocycles. The van der Waals surface area contributed by atoms with Crippen molar-refractivity contribution in [1.29, 1.82) is 0 Å². The van der Waals surface area contributed by atoms with Crippen LogP contribution in [-0.4, -0.2) is 19.0 Å². The lowest BCUT2D eigenvalue weighted by molar-refractivity contribution is -0.129. The van der Waals surface area contributed by atoms with E-state index in [0.29, 0.717) is 0 Å². The Labute approximate surface area is 54.2 Å². The number of hydrogen-bond donors (Lipinski definition) is 0. The normalized spacial score (nSPS) is 12.7. The summed E-state index contributed by atoms with van der Waals surface area (Å²) >= 11 is 0. The Kier molecular flexibility index (Phi) is 3.49. The van der Waals surface area contributed by atoms with Crippen molar-refractivity contribution in [3.63, 3.8) is 0 Å². The van der Waals surface area contributed by atoms with Gasteiger partial charge in [-0.15, -0.1) is 7.92 Å². The fraction of sp³-hybridized carbons (Fsp3) is 0.800. The molecule has 0 aromatic rings. The van der Waals surface area contributed by atoms with Gasteiger partial charge in [0, 0.05) is 6.42 Å². The molecule has 55 valence electrons. The average molecular weight is 157 g/mol. The molecule has 0 aromatic carbocycles. The fourth-order valence-electron chi connectivity index (χ4n) is 0.318. The van der Waals surface area contributed by atoms with Crippen LogP contribution in [0.5, 0.6) is 0 Å². The first-order chi connectivity index (χ1) is 3.92. The van der Waals surface area contributed by atoms with Gasteiger partial charge in [0.15, 0.2) is 0 Å². The predicted molar refractivity (Wildman–Crippen MR) is 33.7 cm³/mol. The van der Waals surface area contributed by atoms with Gasteiger partial charge in [-0.05, 0) is 19.5 Å². The highest BCUT2D eigenvalue weighted by atomic mass is 31.1. The van der Waals surface area contributed by atoms with Gasteiger partial charge in [0.25, 0.3) is 0 Å². The number of hydrogen-bond acceptors (Lipinski definition) is 0. The molecule has 0 aliphatic rings. The average Bonchev–Trinajstić information content (AvgIpc) is 1.59. The lowest BCUT2D eigenvalue weighted by atomic mass is 10.5. The molecule has 0 spiro atoms. The minimum absolute atomic E-state index is 0.193. The molecular formula is C5H9F3P. The zero-order chi connectivity index (χ0) is 7.49. The standard InChI is InChI=1S/C5H9F3P/c1-9(2)4-3-5(6,7)8/h1,3-4H2,2H3. The highest BCUT2D eigenvalue weighted by molar-refractivity contribution is 7.58. The first kappa shape index (κ1) is 9.22. The van der Waals surface area contributed by atoms with Crippen LogP contribution in [0.15, 0.2) is 0 Å². The fourth-order valence-corrected chi connectivity index (χ4v) is 0.953. The van der Waals surface area contributed by atoms with E-state index in [1.54, 1.807) is 6.66 Å². The van der Waals surface area contributed by atoms with Gasteiger partial charge in [0.1, 0.15) is 0 Å². The van der Waals surface area contributed by atoms with Crippen molar-refractivity contribution in [2.24, 2.45) is 0 Å². The molecule has 0 saturated carbocycles. The molecule has 0 aliphatic carbocycles. The van der Waals surface area contributed by atoms with Crippen LogP contribution in [0.25, 0.3) is 0 Å². The van der Waals surface area contributed by atoms with E-state index in [1.165, 1.54) is 0 Å². The molecule has 0 nitrogen and oxygen atoms in total. The van der Waals surface area contributed by atoms with Crippen LogP contribution in [-0.2, 0) is 0 Å². The molecular weight excluding hydrogens is 148 g/mol. The van der Waals surface area contributed by atoms with E-state index >= 15 is 0 Å². The third-order valence-corrected chi connectivity index (χ3v) is 1.76. The number of halogens is 3. The maximum atomic E-state index is 11.4. The van der Waals surface area contributed by atoms with E-state index in [2.05, 4.69) is 6.66 Å². The Balaban J connectivity index is 3.28. The summed E-state index contributed by atoms with van der Waals surface area (Å²) in [7, 11) is -0.635. The van der Waals surface area contributed by atoms with Crippen molar-refractivity contribution < 1.29 is 13.2 Å². The molecule has 0 saturated heterocycles. The number of rotatable bonds is 2. The minimum Gasteiger partial charge on any atom is -0.171 e. The highest BCUT2D eigenvalue weighted by Gasteiger charge is 2.26. The first-order valence-corrected chi connectivity index (χ1v) is 4.66. The Morgan fingerprint density at radius 1 is 1.44 bits per heavy atom. The van der Waals surface area contributed by atoms with Crippen molar-refractivity contribution in [1.82, 2.24) is 0 Å². The second-order valence-corrected chi connectivity index (χ2v) is 4.10. The van der Waals surface area contributed by atoms with Crippen molar-refractivity contribution in [2.45, 2.75) is 12.6 Å². The zero-order valence-corrected chi connectivity index (χ0v) is 6.10. The van der Waals surface area contributed by atoms with Crippen LogP contribution in [0.3, 0.4) is 0 Å². The minimum atomic E-state index is -3.99. The molecule has 0 bridgehead atoms. The van der Waals surface area contributed by atoms with Crippen LogP contribution in [0, 0.1) is 6.66 Å². The summed E-state index contributed by atoms with van der Waals surface area (Å²) in [4.78, 5) is 0. The summed E-state index contributed by atoms with van der Waals surface area (Å²) in [6.07, 6.45) is -4.48. The summed E-state index contributed by atoms with van der Waals surface area (Å²) in [5.74, 6) is 0. The van der Waals surface area contributed by atoms with Crippen molar-refractivity contribution in [3.05, 3.63) is 6.66 Å².